The van der Waals surface area contributed by atoms with Gasteiger partial charge in [0.25, 0.3) is 5.91 Å². The lowest BCUT2D eigenvalue weighted by Crippen LogP contribution is -2.15. The van der Waals surface area contributed by atoms with Crippen LogP contribution in [-0.2, 0) is 0 Å². The van der Waals surface area contributed by atoms with Gasteiger partial charge in [0.1, 0.15) is 0 Å². The first-order valence-corrected chi connectivity index (χ1v) is 9.27. The molecular weight excluding hydrogens is 558 g/mol. The minimum atomic E-state index is -1.13. The third kappa shape index (κ3) is 3.95. The number of thiophene rings is 1. The number of hydrogen-bond donors (Lipinski definition) is 2. The molecule has 0 unspecified atom stereocenters. The van der Waals surface area contributed by atoms with Crippen molar-refractivity contribution in [2.75, 3.05) is 5.32 Å². The Kier molecular flexibility index (Phi) is 5.64. The van der Waals surface area contributed by atoms with Gasteiger partial charge in [0.2, 0.25) is 0 Å². The number of carboxylic acid groups (broad SMARTS) is 1. The van der Waals surface area contributed by atoms with E-state index in [4.69, 9.17) is 0 Å². The lowest BCUT2D eigenvalue weighted by atomic mass is 10.1. The van der Waals surface area contributed by atoms with Crippen molar-refractivity contribution >= 4 is 92.6 Å². The number of halogens is 4. The van der Waals surface area contributed by atoms with Crippen LogP contribution in [0.3, 0.4) is 0 Å². The maximum atomic E-state index is 12.3. The molecule has 0 aliphatic rings. The van der Waals surface area contributed by atoms with Crippen LogP contribution in [0.25, 0.3) is 0 Å². The Balaban J connectivity index is 2.42. The van der Waals surface area contributed by atoms with Crippen LogP contribution in [-0.4, -0.2) is 17.0 Å². The fraction of sp³-hybridized carbons (Fsp3) is 0. The van der Waals surface area contributed by atoms with Gasteiger partial charge in [-0.15, -0.1) is 11.3 Å². The molecule has 0 aliphatic carbocycles. The number of amides is 1. The van der Waals surface area contributed by atoms with Gasteiger partial charge in [-0.3, -0.25) is 4.79 Å². The monoisotopic (exact) mass is 559 g/mol. The quantitative estimate of drug-likeness (QED) is 0.501. The lowest BCUT2D eigenvalue weighted by molar-refractivity contribution is 0.0698. The minimum Gasteiger partial charge on any atom is -0.478 e. The molecule has 1 aromatic heterocycles. The summed E-state index contributed by atoms with van der Waals surface area (Å²) >= 11 is 14.4. The second kappa shape index (κ2) is 6.91. The molecule has 21 heavy (non-hydrogen) atoms. The maximum Gasteiger partial charge on any atom is 0.337 e. The number of hydrogen-bond acceptors (Lipinski definition) is 3. The molecule has 1 aromatic carbocycles. The first kappa shape index (κ1) is 17.1. The highest BCUT2D eigenvalue weighted by Gasteiger charge is 2.20. The van der Waals surface area contributed by atoms with E-state index in [1.807, 2.05) is 0 Å². The van der Waals surface area contributed by atoms with E-state index < -0.39 is 11.9 Å². The first-order chi connectivity index (χ1) is 9.79. The summed E-state index contributed by atoms with van der Waals surface area (Å²) < 4.78 is 2.54. The van der Waals surface area contributed by atoms with Crippen LogP contribution in [0.4, 0.5) is 5.69 Å². The SMILES string of the molecule is O=C(Nc1c(Br)cc(Br)cc1C(=O)O)c1cc(Br)sc1Br. The predicted octanol–water partition coefficient (Wildman–Crippen LogP) is 5.75. The molecule has 0 radical (unpaired) electrons. The number of nitrogens with one attached hydrogen (secondary N) is 1. The van der Waals surface area contributed by atoms with Crippen molar-refractivity contribution in [2.45, 2.75) is 0 Å². The first-order valence-electron chi connectivity index (χ1n) is 5.28. The Bertz CT molecular complexity index is 744. The van der Waals surface area contributed by atoms with Crippen molar-refractivity contribution in [1.82, 2.24) is 0 Å². The van der Waals surface area contributed by atoms with Gasteiger partial charge in [0, 0.05) is 8.95 Å². The van der Waals surface area contributed by atoms with Crippen molar-refractivity contribution < 1.29 is 14.7 Å². The summed E-state index contributed by atoms with van der Waals surface area (Å²) in [5, 5.41) is 11.9. The topological polar surface area (TPSA) is 66.4 Å². The Labute approximate surface area is 157 Å². The molecular formula is C12H5Br4NO3S. The van der Waals surface area contributed by atoms with Gasteiger partial charge >= 0.3 is 5.97 Å². The fourth-order valence-corrected chi connectivity index (χ4v) is 5.66. The van der Waals surface area contributed by atoms with Crippen molar-refractivity contribution in [3.8, 4) is 0 Å². The molecule has 0 aliphatic heterocycles. The largest absolute Gasteiger partial charge is 0.478 e. The average Bonchev–Trinajstić information content (AvgIpc) is 2.71. The molecule has 2 aromatic rings. The average molecular weight is 563 g/mol. The summed E-state index contributed by atoms with van der Waals surface area (Å²) in [7, 11) is 0. The van der Waals surface area contributed by atoms with Gasteiger partial charge in [-0.25, -0.2) is 4.79 Å². The normalized spacial score (nSPS) is 10.5. The molecule has 9 heteroatoms. The fourth-order valence-electron chi connectivity index (χ4n) is 1.55. The molecule has 110 valence electrons. The van der Waals surface area contributed by atoms with Crippen molar-refractivity contribution in [3.63, 3.8) is 0 Å². The number of rotatable bonds is 3. The molecule has 0 saturated heterocycles. The Morgan fingerprint density at radius 1 is 1.05 bits per heavy atom. The lowest BCUT2D eigenvalue weighted by Gasteiger charge is -2.11. The zero-order valence-electron chi connectivity index (χ0n) is 9.92. The molecule has 0 saturated carbocycles. The third-order valence-corrected chi connectivity index (χ3v) is 5.85. The maximum absolute atomic E-state index is 12.3. The van der Waals surface area contributed by atoms with E-state index in [2.05, 4.69) is 69.0 Å². The Morgan fingerprint density at radius 2 is 1.71 bits per heavy atom. The van der Waals surface area contributed by atoms with Crippen LogP contribution in [0.15, 0.2) is 34.7 Å². The molecule has 0 spiro atoms. The highest BCUT2D eigenvalue weighted by atomic mass is 79.9. The molecule has 2 rings (SSSR count). The highest BCUT2D eigenvalue weighted by Crippen LogP contribution is 2.34. The van der Waals surface area contributed by atoms with E-state index in [0.29, 0.717) is 18.3 Å². The van der Waals surface area contributed by atoms with Gasteiger partial charge in [-0.1, -0.05) is 15.9 Å². The molecule has 0 fully saturated rings. The van der Waals surface area contributed by atoms with E-state index in [9.17, 15) is 14.7 Å². The minimum absolute atomic E-state index is 0.00461. The molecule has 2 N–H and O–H groups in total. The van der Waals surface area contributed by atoms with E-state index in [-0.39, 0.29) is 11.3 Å². The summed E-state index contributed by atoms with van der Waals surface area (Å²) in [4.78, 5) is 23.6. The summed E-state index contributed by atoms with van der Waals surface area (Å²) in [6, 6.07) is 4.76. The second-order valence-electron chi connectivity index (χ2n) is 3.81. The van der Waals surface area contributed by atoms with E-state index in [0.717, 1.165) is 3.79 Å². The smallest absolute Gasteiger partial charge is 0.337 e. The van der Waals surface area contributed by atoms with Crippen LogP contribution in [0.2, 0.25) is 0 Å². The molecule has 4 nitrogen and oxygen atoms in total. The standard InChI is InChI=1S/C12H5Br4NO3S/c13-4-1-5(12(19)20)9(7(14)2-4)17-11(18)6-3-8(15)21-10(6)16/h1-3H,(H,17,18)(H,19,20). The Morgan fingerprint density at radius 3 is 2.24 bits per heavy atom. The molecule has 0 bridgehead atoms. The number of benzene rings is 1. The summed E-state index contributed by atoms with van der Waals surface area (Å²) in [6.07, 6.45) is 0. The van der Waals surface area contributed by atoms with E-state index in [1.165, 1.54) is 17.4 Å². The van der Waals surface area contributed by atoms with Crippen LogP contribution in [0, 0.1) is 0 Å². The zero-order chi connectivity index (χ0) is 15.7. The van der Waals surface area contributed by atoms with Crippen LogP contribution >= 0.6 is 75.1 Å². The van der Waals surface area contributed by atoms with Crippen LogP contribution in [0.5, 0.6) is 0 Å². The molecule has 0 atom stereocenters. The number of anilines is 1. The van der Waals surface area contributed by atoms with Crippen molar-refractivity contribution in [3.05, 3.63) is 45.8 Å². The van der Waals surface area contributed by atoms with Crippen molar-refractivity contribution in [2.24, 2.45) is 0 Å². The van der Waals surface area contributed by atoms with Gasteiger partial charge in [0.05, 0.1) is 24.4 Å². The van der Waals surface area contributed by atoms with E-state index in [1.54, 1.807) is 12.1 Å². The van der Waals surface area contributed by atoms with Gasteiger partial charge in [0.15, 0.2) is 0 Å². The molecule has 1 amide bonds. The second-order valence-corrected chi connectivity index (χ2v) is 9.33. The summed E-state index contributed by atoms with van der Waals surface area (Å²) in [6.45, 7) is 0. The number of carboxylic acids is 1. The number of aromatic carboxylic acids is 1. The van der Waals surface area contributed by atoms with E-state index >= 15 is 0 Å². The number of carbonyl (C=O) groups is 2. The van der Waals surface area contributed by atoms with Crippen molar-refractivity contribution in [1.29, 1.82) is 0 Å². The van der Waals surface area contributed by atoms with Gasteiger partial charge in [-0.05, 0) is 66.0 Å². The third-order valence-electron chi connectivity index (χ3n) is 2.43. The van der Waals surface area contributed by atoms with Crippen LogP contribution < -0.4 is 5.32 Å². The zero-order valence-corrected chi connectivity index (χ0v) is 17.1. The van der Waals surface area contributed by atoms with Crippen LogP contribution in [0.1, 0.15) is 20.7 Å². The summed E-state index contributed by atoms with van der Waals surface area (Å²) in [5.74, 6) is -1.52. The summed E-state index contributed by atoms with van der Waals surface area (Å²) in [5.41, 5.74) is 0.637. The molecule has 1 heterocycles. The number of carbonyl (C=O) groups excluding carboxylic acids is 1. The highest BCUT2D eigenvalue weighted by molar-refractivity contribution is 9.12. The van der Waals surface area contributed by atoms with Gasteiger partial charge in [-0.2, -0.15) is 0 Å². The predicted molar refractivity (Wildman–Crippen MR) is 96.5 cm³/mol. The Hall–Kier alpha value is -0.220. The van der Waals surface area contributed by atoms with Gasteiger partial charge < -0.3 is 10.4 Å².